The summed E-state index contributed by atoms with van der Waals surface area (Å²) in [6.07, 6.45) is 3.86. The van der Waals surface area contributed by atoms with Crippen LogP contribution in [0.15, 0.2) is 120 Å². The van der Waals surface area contributed by atoms with Gasteiger partial charge in [-0.05, 0) is 35.4 Å². The first kappa shape index (κ1) is 35.9. The van der Waals surface area contributed by atoms with E-state index in [2.05, 4.69) is 76.3 Å². The Morgan fingerprint density at radius 3 is 2.24 bits per heavy atom. The summed E-state index contributed by atoms with van der Waals surface area (Å²) < 4.78 is 7.86. The number of benzene rings is 4. The summed E-state index contributed by atoms with van der Waals surface area (Å²) in [7, 11) is 0. The van der Waals surface area contributed by atoms with Crippen molar-refractivity contribution in [1.29, 1.82) is 0 Å². The van der Waals surface area contributed by atoms with E-state index in [0.29, 0.717) is 5.92 Å². The van der Waals surface area contributed by atoms with Gasteiger partial charge in [0.05, 0.1) is 11.1 Å². The van der Waals surface area contributed by atoms with E-state index >= 15 is 0 Å². The Balaban J connectivity index is 0.000000233. The number of carbonyl (C=O) groups excluding carboxylic acids is 1. The van der Waals surface area contributed by atoms with Crippen LogP contribution in [0.1, 0.15) is 35.7 Å². The molecule has 0 saturated heterocycles. The van der Waals surface area contributed by atoms with Gasteiger partial charge in [0.25, 0.3) is 0 Å². The third-order valence-electron chi connectivity index (χ3n) is 8.29. The SMILES string of the molecule is CC(C)c1ccnc(-c2[c-]ccc3c2oc2c(-c4ccc(C(=O)OO)cc4)cccc23)c1.[CH3][Ge]([CH3])([CH3])[c]1ccc(-c2[c-]cccc2)nc1.[Ir]. The first-order valence-corrected chi connectivity index (χ1v) is 23.2. The summed E-state index contributed by atoms with van der Waals surface area (Å²) >= 11 is -1.72. The van der Waals surface area contributed by atoms with Crippen molar-refractivity contribution in [3.05, 3.63) is 139 Å². The molecule has 0 unspecified atom stereocenters. The smallest absolute Gasteiger partial charge is 0 e. The zero-order valence-electron chi connectivity index (χ0n) is 27.9. The number of carbonyl (C=O) groups is 1. The molecule has 0 saturated carbocycles. The number of para-hydroxylation sites is 1. The minimum atomic E-state index is -1.72. The number of aromatic nitrogens is 2. The summed E-state index contributed by atoms with van der Waals surface area (Å²) in [6, 6.07) is 39.6. The quantitative estimate of drug-likeness (QED) is 0.0775. The minimum absolute atomic E-state index is 0. The van der Waals surface area contributed by atoms with Crippen molar-refractivity contribution in [2.75, 3.05) is 0 Å². The first-order chi connectivity index (χ1) is 23.1. The molecule has 6 nitrogen and oxygen atoms in total. The van der Waals surface area contributed by atoms with Crippen LogP contribution < -0.4 is 4.40 Å². The molecule has 1 N–H and O–H groups in total. The Bertz CT molecular complexity index is 2190. The van der Waals surface area contributed by atoms with Crippen LogP contribution in [-0.4, -0.2) is 34.5 Å². The third kappa shape index (κ3) is 7.92. The fraction of sp³-hybridized carbons (Fsp3) is 0.146. The van der Waals surface area contributed by atoms with Gasteiger partial charge in [-0.3, -0.25) is 4.89 Å². The van der Waals surface area contributed by atoms with Crippen LogP contribution in [0.2, 0.25) is 17.3 Å². The molecule has 0 fully saturated rings. The van der Waals surface area contributed by atoms with E-state index in [1.54, 1.807) is 24.3 Å². The van der Waals surface area contributed by atoms with Crippen LogP contribution in [0.3, 0.4) is 0 Å². The zero-order chi connectivity index (χ0) is 33.8. The number of fused-ring (bicyclic) bond motifs is 3. The molecular weight excluding hydrogens is 849 g/mol. The van der Waals surface area contributed by atoms with Crippen molar-refractivity contribution in [1.82, 2.24) is 9.97 Å². The molecule has 7 aromatic rings. The zero-order valence-corrected chi connectivity index (χ0v) is 32.4. The maximum atomic E-state index is 11.5. The average Bonchev–Trinajstić information content (AvgIpc) is 3.51. The van der Waals surface area contributed by atoms with Gasteiger partial charge in [0.15, 0.2) is 0 Å². The van der Waals surface area contributed by atoms with Gasteiger partial charge in [-0.15, -0.1) is 18.2 Å². The number of hydrogen-bond donors (Lipinski definition) is 1. The Morgan fingerprint density at radius 1 is 0.816 bits per heavy atom. The Hall–Kier alpha value is -4.40. The molecule has 1 radical (unpaired) electrons. The maximum Gasteiger partial charge on any atom is 0 e. The van der Waals surface area contributed by atoms with E-state index in [9.17, 15) is 4.79 Å². The van der Waals surface area contributed by atoms with Gasteiger partial charge in [0.2, 0.25) is 0 Å². The molecule has 4 aromatic carbocycles. The van der Waals surface area contributed by atoms with Gasteiger partial charge < -0.3 is 9.40 Å². The molecule has 3 aromatic heterocycles. The van der Waals surface area contributed by atoms with Crippen LogP contribution in [0.25, 0.3) is 55.6 Å². The second-order valence-electron chi connectivity index (χ2n) is 12.9. The van der Waals surface area contributed by atoms with Crippen molar-refractivity contribution in [3.8, 4) is 33.6 Å². The normalized spacial score (nSPS) is 11.2. The average molecular weight is 886 g/mol. The van der Waals surface area contributed by atoms with Crippen LogP contribution in [0.4, 0.5) is 0 Å². The molecular formula is C41H36GeIrN2O4-2. The van der Waals surface area contributed by atoms with Gasteiger partial charge in [-0.1, -0.05) is 66.8 Å². The van der Waals surface area contributed by atoms with E-state index in [4.69, 9.17) is 9.67 Å². The second kappa shape index (κ2) is 15.4. The van der Waals surface area contributed by atoms with Crippen LogP contribution in [0.5, 0.6) is 0 Å². The van der Waals surface area contributed by atoms with Crippen molar-refractivity contribution in [2.24, 2.45) is 0 Å². The largest absolute Gasteiger partial charge is 0 e. The molecule has 8 heteroatoms. The molecule has 0 amide bonds. The Morgan fingerprint density at radius 2 is 1.59 bits per heavy atom. The monoisotopic (exact) mass is 887 g/mol. The van der Waals surface area contributed by atoms with Gasteiger partial charge in [0.1, 0.15) is 5.58 Å². The summed E-state index contributed by atoms with van der Waals surface area (Å²) in [5, 5.41) is 10.6. The molecule has 0 aliphatic rings. The summed E-state index contributed by atoms with van der Waals surface area (Å²) in [4.78, 5) is 24.4. The molecule has 49 heavy (non-hydrogen) atoms. The van der Waals surface area contributed by atoms with Crippen LogP contribution in [0, 0.1) is 12.1 Å². The van der Waals surface area contributed by atoms with Gasteiger partial charge in [-0.25, -0.2) is 4.79 Å². The number of rotatable bonds is 6. The predicted molar refractivity (Wildman–Crippen MR) is 195 cm³/mol. The molecule has 0 aliphatic carbocycles. The molecule has 0 spiro atoms. The predicted octanol–water partition coefficient (Wildman–Crippen LogP) is 9.96. The standard InChI is InChI=1S/C27H20NO4.C14H16GeN.Ir/c1-16(2)19-13-14-28-24(15-19)23-8-4-7-22-21-6-3-5-20(25(21)31-26(22)23)17-9-11-18(12-10-17)27(29)32-30;1-15(2,3)13-9-10-14(16-11-13)12-7-5-4-6-8-12;/h3-7,9-16,30H,1-2H3;4-7,9-11H,1-3H3;/q2*-1;. The van der Waals surface area contributed by atoms with E-state index in [0.717, 1.165) is 55.6 Å². The van der Waals surface area contributed by atoms with Gasteiger partial charge >= 0.3 is 106 Å². The van der Waals surface area contributed by atoms with Crippen molar-refractivity contribution >= 4 is 45.6 Å². The number of pyridine rings is 2. The molecule has 0 atom stereocenters. The van der Waals surface area contributed by atoms with Crippen molar-refractivity contribution in [3.63, 3.8) is 0 Å². The number of furan rings is 1. The summed E-state index contributed by atoms with van der Waals surface area (Å²) in [5.41, 5.74) is 8.48. The van der Waals surface area contributed by atoms with Crippen LogP contribution in [-0.2, 0) is 25.0 Å². The van der Waals surface area contributed by atoms with Crippen molar-refractivity contribution in [2.45, 2.75) is 37.0 Å². The minimum Gasteiger partial charge on any atom is 0 e. The van der Waals surface area contributed by atoms with E-state index in [-0.39, 0.29) is 25.7 Å². The summed E-state index contributed by atoms with van der Waals surface area (Å²) in [5.74, 6) is 6.74. The van der Waals surface area contributed by atoms with Crippen LogP contribution >= 0.6 is 0 Å². The van der Waals surface area contributed by atoms with Gasteiger partial charge in [-0.2, -0.15) is 5.26 Å². The summed E-state index contributed by atoms with van der Waals surface area (Å²) in [6.45, 7) is 4.31. The Kier molecular flexibility index (Phi) is 11.3. The molecule has 0 bridgehead atoms. The topological polar surface area (TPSA) is 85.5 Å². The van der Waals surface area contributed by atoms with Gasteiger partial charge in [0, 0.05) is 37.3 Å². The van der Waals surface area contributed by atoms with E-state index in [1.165, 1.54) is 9.96 Å². The number of hydrogen-bond acceptors (Lipinski definition) is 6. The molecule has 7 rings (SSSR count). The maximum absolute atomic E-state index is 11.5. The van der Waals surface area contributed by atoms with E-state index < -0.39 is 19.2 Å². The fourth-order valence-corrected chi connectivity index (χ4v) is 7.68. The molecule has 3 heterocycles. The molecule has 0 aliphatic heterocycles. The first-order valence-electron chi connectivity index (χ1n) is 15.9. The second-order valence-corrected chi connectivity index (χ2v) is 23.6. The third-order valence-corrected chi connectivity index (χ3v) is 12.5. The number of nitrogens with zero attached hydrogens (tertiary/aromatic N) is 2. The van der Waals surface area contributed by atoms with E-state index in [1.807, 2.05) is 73.1 Å². The Labute approximate surface area is 302 Å². The fourth-order valence-electron chi connectivity index (χ4n) is 5.51. The molecule has 249 valence electrons. The van der Waals surface area contributed by atoms with Crippen molar-refractivity contribution < 1.29 is 39.5 Å².